The minimum atomic E-state index is -0.567. The first-order chi connectivity index (χ1) is 12.7. The molecule has 3 aromatic rings. The summed E-state index contributed by atoms with van der Waals surface area (Å²) in [7, 11) is 0. The first-order valence-corrected chi connectivity index (χ1v) is 8.59. The van der Waals surface area contributed by atoms with Crippen LogP contribution in [0.1, 0.15) is 28.9 Å². The van der Waals surface area contributed by atoms with Crippen LogP contribution in [0.15, 0.2) is 48.8 Å². The minimum absolute atomic E-state index is 0.462. The van der Waals surface area contributed by atoms with Crippen LogP contribution >= 0.6 is 0 Å². The van der Waals surface area contributed by atoms with E-state index in [-0.39, 0.29) is 0 Å². The molecule has 26 heavy (non-hydrogen) atoms. The molecule has 3 rings (SSSR count). The number of nitrogens with zero attached hydrogens (tertiary/aromatic N) is 3. The molecule has 0 fully saturated rings. The predicted octanol–water partition coefficient (Wildman–Crippen LogP) is 1.80. The summed E-state index contributed by atoms with van der Waals surface area (Å²) in [5, 5.41) is 20.2. The van der Waals surface area contributed by atoms with Crippen LogP contribution in [-0.2, 0) is 6.42 Å². The molecular formula is C19H23N5O2. The molecule has 0 aliphatic rings. The average molecular weight is 353 g/mol. The molecule has 0 saturated carbocycles. The average Bonchev–Trinajstić information content (AvgIpc) is 3.08. The number of benzene rings is 1. The second-order valence-corrected chi connectivity index (χ2v) is 6.01. The summed E-state index contributed by atoms with van der Waals surface area (Å²) in [5.41, 5.74) is 1.94. The van der Waals surface area contributed by atoms with Gasteiger partial charge >= 0.3 is 0 Å². The van der Waals surface area contributed by atoms with Gasteiger partial charge in [0.25, 0.3) is 0 Å². The van der Waals surface area contributed by atoms with Crippen molar-refractivity contribution in [3.8, 4) is 5.75 Å². The second-order valence-electron chi connectivity index (χ2n) is 6.01. The number of aromatic nitrogens is 4. The zero-order chi connectivity index (χ0) is 18.2. The summed E-state index contributed by atoms with van der Waals surface area (Å²) in [5.74, 6) is 2.42. The van der Waals surface area contributed by atoms with Crippen LogP contribution in [0, 0.1) is 6.92 Å². The molecule has 0 aliphatic heterocycles. The van der Waals surface area contributed by atoms with Crippen molar-refractivity contribution in [3.63, 3.8) is 0 Å². The molecule has 7 nitrogen and oxygen atoms in total. The lowest BCUT2D eigenvalue weighted by atomic mass is 10.1. The number of pyridine rings is 1. The van der Waals surface area contributed by atoms with Crippen molar-refractivity contribution in [1.82, 2.24) is 25.5 Å². The third-order valence-corrected chi connectivity index (χ3v) is 3.88. The maximum atomic E-state index is 10.0. The molecule has 136 valence electrons. The monoisotopic (exact) mass is 353 g/mol. The molecule has 0 aliphatic carbocycles. The molecule has 2 heterocycles. The molecule has 0 unspecified atom stereocenters. The van der Waals surface area contributed by atoms with E-state index in [0.29, 0.717) is 26.1 Å². The van der Waals surface area contributed by atoms with Gasteiger partial charge in [-0.15, -0.1) is 0 Å². The first kappa shape index (κ1) is 18.0. The molecule has 1 aromatic carbocycles. The normalized spacial score (nSPS) is 12.1. The van der Waals surface area contributed by atoms with Crippen LogP contribution in [-0.4, -0.2) is 45.0 Å². The van der Waals surface area contributed by atoms with E-state index >= 15 is 0 Å². The Kier molecular flexibility index (Phi) is 6.29. The third kappa shape index (κ3) is 5.37. The van der Waals surface area contributed by atoms with E-state index in [1.54, 1.807) is 12.4 Å². The molecule has 0 bridgehead atoms. The summed E-state index contributed by atoms with van der Waals surface area (Å²) in [6.45, 7) is 3.52. The molecular weight excluding hydrogens is 330 g/mol. The molecule has 0 radical (unpaired) electrons. The van der Waals surface area contributed by atoms with Gasteiger partial charge in [-0.25, -0.2) is 4.98 Å². The van der Waals surface area contributed by atoms with Gasteiger partial charge in [0.2, 0.25) is 0 Å². The van der Waals surface area contributed by atoms with Crippen molar-refractivity contribution in [2.75, 3.05) is 19.7 Å². The van der Waals surface area contributed by atoms with Crippen molar-refractivity contribution < 1.29 is 9.84 Å². The maximum absolute atomic E-state index is 10.0. The summed E-state index contributed by atoms with van der Waals surface area (Å²) >= 11 is 0. The Morgan fingerprint density at radius 3 is 2.77 bits per heavy atom. The number of rotatable bonds is 9. The van der Waals surface area contributed by atoms with E-state index in [0.717, 1.165) is 28.5 Å². The molecule has 7 heteroatoms. The summed E-state index contributed by atoms with van der Waals surface area (Å²) in [6.07, 6.45) is 3.49. The topological polar surface area (TPSA) is 95.9 Å². The Morgan fingerprint density at radius 1 is 1.23 bits per heavy atom. The number of aliphatic hydroxyl groups is 1. The minimum Gasteiger partial charge on any atom is -0.492 e. The number of hydrogen-bond acceptors (Lipinski definition) is 6. The Balaban J connectivity index is 1.36. The van der Waals surface area contributed by atoms with E-state index in [1.165, 1.54) is 0 Å². The van der Waals surface area contributed by atoms with Gasteiger partial charge in [-0.05, 0) is 30.7 Å². The number of aliphatic hydroxyl groups excluding tert-OH is 1. The first-order valence-electron chi connectivity index (χ1n) is 8.59. The van der Waals surface area contributed by atoms with Gasteiger partial charge in [0.15, 0.2) is 5.82 Å². The Morgan fingerprint density at radius 2 is 2.08 bits per heavy atom. The lowest BCUT2D eigenvalue weighted by molar-refractivity contribution is 0.171. The molecule has 1 atom stereocenters. The summed E-state index contributed by atoms with van der Waals surface area (Å²) in [6, 6.07) is 11.6. The fraction of sp³-hybridized carbons (Fsp3) is 0.316. The molecule has 3 N–H and O–H groups in total. The number of H-pyrrole nitrogens is 1. The van der Waals surface area contributed by atoms with Crippen molar-refractivity contribution in [3.05, 3.63) is 71.6 Å². The number of ether oxygens (including phenoxy) is 1. The fourth-order valence-corrected chi connectivity index (χ4v) is 2.52. The lowest BCUT2D eigenvalue weighted by Gasteiger charge is -2.12. The standard InChI is InChI=1S/C19H23N5O2/c1-14-22-19(24-23-14)11-15-4-6-17(7-5-15)26-10-9-21-13-18(25)16-3-2-8-20-12-16/h2-8,12,18,21,25H,9-11,13H2,1H3,(H,22,23,24)/t18-/m0/s1. The van der Waals surface area contributed by atoms with Gasteiger partial charge in [0.05, 0.1) is 6.10 Å². The van der Waals surface area contributed by atoms with Gasteiger partial charge in [-0.3, -0.25) is 10.1 Å². The van der Waals surface area contributed by atoms with E-state index in [1.807, 2.05) is 43.3 Å². The number of hydrogen-bond donors (Lipinski definition) is 3. The van der Waals surface area contributed by atoms with Gasteiger partial charge in [0, 0.05) is 37.5 Å². The largest absolute Gasteiger partial charge is 0.492 e. The van der Waals surface area contributed by atoms with E-state index in [2.05, 4.69) is 25.5 Å². The summed E-state index contributed by atoms with van der Waals surface area (Å²) in [4.78, 5) is 8.31. The number of aromatic amines is 1. The molecule has 0 amide bonds. The van der Waals surface area contributed by atoms with E-state index in [4.69, 9.17) is 4.74 Å². The van der Waals surface area contributed by atoms with Crippen molar-refractivity contribution in [2.45, 2.75) is 19.4 Å². The highest BCUT2D eigenvalue weighted by atomic mass is 16.5. The zero-order valence-corrected chi connectivity index (χ0v) is 14.7. The zero-order valence-electron chi connectivity index (χ0n) is 14.7. The number of aryl methyl sites for hydroxylation is 1. The van der Waals surface area contributed by atoms with Crippen LogP contribution in [0.5, 0.6) is 5.75 Å². The smallest absolute Gasteiger partial charge is 0.155 e. The SMILES string of the molecule is Cc1nc(Cc2ccc(OCCNC[C@H](O)c3cccnc3)cc2)n[nH]1. The lowest BCUT2D eigenvalue weighted by Crippen LogP contribution is -2.26. The maximum Gasteiger partial charge on any atom is 0.155 e. The van der Waals surface area contributed by atoms with Crippen molar-refractivity contribution in [1.29, 1.82) is 0 Å². The van der Waals surface area contributed by atoms with Gasteiger partial charge < -0.3 is 15.2 Å². The Bertz CT molecular complexity index is 789. The predicted molar refractivity (Wildman–Crippen MR) is 97.9 cm³/mol. The van der Waals surface area contributed by atoms with Crippen LogP contribution in [0.4, 0.5) is 0 Å². The highest BCUT2D eigenvalue weighted by Crippen LogP contribution is 2.14. The second kappa shape index (κ2) is 9.07. The van der Waals surface area contributed by atoms with Crippen LogP contribution in [0.3, 0.4) is 0 Å². The highest BCUT2D eigenvalue weighted by Gasteiger charge is 2.06. The summed E-state index contributed by atoms with van der Waals surface area (Å²) < 4.78 is 5.71. The molecule has 0 saturated heterocycles. The van der Waals surface area contributed by atoms with Crippen LogP contribution < -0.4 is 10.1 Å². The van der Waals surface area contributed by atoms with Crippen LogP contribution in [0.2, 0.25) is 0 Å². The quantitative estimate of drug-likeness (QED) is 0.508. The van der Waals surface area contributed by atoms with Crippen LogP contribution in [0.25, 0.3) is 0 Å². The van der Waals surface area contributed by atoms with Crippen molar-refractivity contribution in [2.24, 2.45) is 0 Å². The fourth-order valence-electron chi connectivity index (χ4n) is 2.52. The van der Waals surface area contributed by atoms with Gasteiger partial charge in [0.1, 0.15) is 18.2 Å². The van der Waals surface area contributed by atoms with E-state index < -0.39 is 6.10 Å². The van der Waals surface area contributed by atoms with Gasteiger partial charge in [-0.2, -0.15) is 5.10 Å². The Labute approximate surface area is 152 Å². The van der Waals surface area contributed by atoms with E-state index in [9.17, 15) is 5.11 Å². The molecule has 2 aromatic heterocycles. The van der Waals surface area contributed by atoms with Crippen molar-refractivity contribution >= 4 is 0 Å². The van der Waals surface area contributed by atoms with Gasteiger partial charge in [-0.1, -0.05) is 18.2 Å². The third-order valence-electron chi connectivity index (χ3n) is 3.88. The highest BCUT2D eigenvalue weighted by molar-refractivity contribution is 5.28. The molecule has 0 spiro atoms. The Hall–Kier alpha value is -2.77. The number of nitrogens with one attached hydrogen (secondary N) is 2.